The Kier molecular flexibility index (Phi) is 3.74. The highest BCUT2D eigenvalue weighted by Gasteiger charge is 2.03. The van der Waals surface area contributed by atoms with Gasteiger partial charge < -0.3 is 4.90 Å². The number of nitrogens with zero attached hydrogens (tertiary/aromatic N) is 2. The molecule has 1 aromatic heterocycles. The maximum absolute atomic E-state index is 12.8. The standard InChI is InChI=1S/C13H12BrFN2/c1-17(13-7-4-11(14)8-16-13)9-10-2-5-12(15)6-3-10/h2-8H,9H2,1H3. The zero-order chi connectivity index (χ0) is 12.3. The van der Waals surface area contributed by atoms with Crippen molar-refractivity contribution in [2.75, 3.05) is 11.9 Å². The van der Waals surface area contributed by atoms with Crippen molar-refractivity contribution in [3.05, 3.63) is 58.4 Å². The molecule has 1 aromatic carbocycles. The zero-order valence-electron chi connectivity index (χ0n) is 9.40. The minimum absolute atomic E-state index is 0.210. The monoisotopic (exact) mass is 294 g/mol. The summed E-state index contributed by atoms with van der Waals surface area (Å²) in [6, 6.07) is 10.4. The van der Waals surface area contributed by atoms with Crippen molar-refractivity contribution < 1.29 is 4.39 Å². The molecule has 0 saturated heterocycles. The molecule has 0 N–H and O–H groups in total. The third-order valence-electron chi connectivity index (χ3n) is 2.44. The van der Waals surface area contributed by atoms with Gasteiger partial charge in [-0.3, -0.25) is 0 Å². The molecule has 0 fully saturated rings. The highest BCUT2D eigenvalue weighted by molar-refractivity contribution is 9.10. The Balaban J connectivity index is 2.08. The lowest BCUT2D eigenvalue weighted by Crippen LogP contribution is -2.17. The Morgan fingerprint density at radius 2 is 1.88 bits per heavy atom. The van der Waals surface area contributed by atoms with Gasteiger partial charge in [0.15, 0.2) is 0 Å². The molecular weight excluding hydrogens is 283 g/mol. The normalized spacial score (nSPS) is 10.3. The number of anilines is 1. The SMILES string of the molecule is CN(Cc1ccc(F)cc1)c1ccc(Br)cn1. The first kappa shape index (κ1) is 12.0. The number of hydrogen-bond donors (Lipinski definition) is 0. The van der Waals surface area contributed by atoms with Gasteiger partial charge in [-0.05, 0) is 45.8 Å². The molecule has 0 radical (unpaired) electrons. The number of rotatable bonds is 3. The molecule has 0 saturated carbocycles. The van der Waals surface area contributed by atoms with E-state index < -0.39 is 0 Å². The number of halogens is 2. The third kappa shape index (κ3) is 3.27. The van der Waals surface area contributed by atoms with Crippen LogP contribution in [-0.4, -0.2) is 12.0 Å². The van der Waals surface area contributed by atoms with Gasteiger partial charge >= 0.3 is 0 Å². The quantitative estimate of drug-likeness (QED) is 0.859. The predicted molar refractivity (Wildman–Crippen MR) is 70.4 cm³/mol. The highest BCUT2D eigenvalue weighted by Crippen LogP contribution is 2.15. The van der Waals surface area contributed by atoms with E-state index in [4.69, 9.17) is 0 Å². The summed E-state index contributed by atoms with van der Waals surface area (Å²) in [4.78, 5) is 6.31. The van der Waals surface area contributed by atoms with Gasteiger partial charge in [-0.15, -0.1) is 0 Å². The van der Waals surface area contributed by atoms with Crippen molar-refractivity contribution in [2.45, 2.75) is 6.54 Å². The van der Waals surface area contributed by atoms with Crippen LogP contribution >= 0.6 is 15.9 Å². The summed E-state index contributed by atoms with van der Waals surface area (Å²) < 4.78 is 13.7. The van der Waals surface area contributed by atoms with Gasteiger partial charge in [0, 0.05) is 24.3 Å². The fourth-order valence-corrected chi connectivity index (χ4v) is 1.77. The molecule has 2 nitrogen and oxygen atoms in total. The molecule has 0 aliphatic carbocycles. The first-order valence-corrected chi connectivity index (χ1v) is 6.01. The topological polar surface area (TPSA) is 16.1 Å². The Morgan fingerprint density at radius 3 is 2.47 bits per heavy atom. The maximum atomic E-state index is 12.8. The molecule has 2 aromatic rings. The van der Waals surface area contributed by atoms with Gasteiger partial charge in [-0.25, -0.2) is 9.37 Å². The average molecular weight is 295 g/mol. The highest BCUT2D eigenvalue weighted by atomic mass is 79.9. The van der Waals surface area contributed by atoms with E-state index in [2.05, 4.69) is 20.9 Å². The third-order valence-corrected chi connectivity index (χ3v) is 2.90. The van der Waals surface area contributed by atoms with Crippen LogP contribution in [0.2, 0.25) is 0 Å². The Hall–Kier alpha value is -1.42. The Bertz CT molecular complexity index is 482. The van der Waals surface area contributed by atoms with Gasteiger partial charge in [0.05, 0.1) is 0 Å². The second-order valence-electron chi connectivity index (χ2n) is 3.82. The molecule has 0 aliphatic rings. The van der Waals surface area contributed by atoms with Gasteiger partial charge in [0.25, 0.3) is 0 Å². The summed E-state index contributed by atoms with van der Waals surface area (Å²) in [5.74, 6) is 0.677. The van der Waals surface area contributed by atoms with Crippen LogP contribution in [0.15, 0.2) is 47.1 Å². The molecule has 0 bridgehead atoms. The van der Waals surface area contributed by atoms with Crippen molar-refractivity contribution in [1.82, 2.24) is 4.98 Å². The molecule has 0 unspecified atom stereocenters. The van der Waals surface area contributed by atoms with Crippen LogP contribution in [0.3, 0.4) is 0 Å². The molecule has 1 heterocycles. The molecule has 0 atom stereocenters. The van der Waals surface area contributed by atoms with Crippen molar-refractivity contribution in [3.8, 4) is 0 Å². The van der Waals surface area contributed by atoms with E-state index in [9.17, 15) is 4.39 Å². The van der Waals surface area contributed by atoms with E-state index >= 15 is 0 Å². The molecule has 0 spiro atoms. The summed E-state index contributed by atoms with van der Waals surface area (Å²) in [7, 11) is 1.96. The van der Waals surface area contributed by atoms with Crippen molar-refractivity contribution >= 4 is 21.7 Å². The van der Waals surface area contributed by atoms with E-state index in [1.165, 1.54) is 12.1 Å². The minimum Gasteiger partial charge on any atom is -0.355 e. The molecule has 4 heteroatoms. The first-order chi connectivity index (χ1) is 8.15. The largest absolute Gasteiger partial charge is 0.355 e. The first-order valence-electron chi connectivity index (χ1n) is 5.22. The minimum atomic E-state index is -0.210. The molecule has 0 aliphatic heterocycles. The van der Waals surface area contributed by atoms with Gasteiger partial charge in [0.1, 0.15) is 11.6 Å². The van der Waals surface area contributed by atoms with E-state index in [0.717, 1.165) is 15.9 Å². The smallest absolute Gasteiger partial charge is 0.128 e. The van der Waals surface area contributed by atoms with Gasteiger partial charge in [-0.1, -0.05) is 12.1 Å². The maximum Gasteiger partial charge on any atom is 0.128 e. The van der Waals surface area contributed by atoms with E-state index in [1.807, 2.05) is 24.1 Å². The van der Waals surface area contributed by atoms with E-state index in [-0.39, 0.29) is 5.82 Å². The second kappa shape index (κ2) is 5.27. The lowest BCUT2D eigenvalue weighted by Gasteiger charge is -2.18. The van der Waals surface area contributed by atoms with Gasteiger partial charge in [-0.2, -0.15) is 0 Å². The van der Waals surface area contributed by atoms with Crippen LogP contribution < -0.4 is 4.90 Å². The Morgan fingerprint density at radius 1 is 1.18 bits per heavy atom. The molecule has 2 rings (SSSR count). The van der Waals surface area contributed by atoms with Crippen LogP contribution in [0.4, 0.5) is 10.2 Å². The second-order valence-corrected chi connectivity index (χ2v) is 4.73. The van der Waals surface area contributed by atoms with Crippen LogP contribution in [0.25, 0.3) is 0 Å². The lowest BCUT2D eigenvalue weighted by molar-refractivity contribution is 0.627. The molecule has 0 amide bonds. The van der Waals surface area contributed by atoms with Crippen LogP contribution in [0.5, 0.6) is 0 Å². The fraction of sp³-hybridized carbons (Fsp3) is 0.154. The van der Waals surface area contributed by atoms with E-state index in [1.54, 1.807) is 18.3 Å². The lowest BCUT2D eigenvalue weighted by atomic mass is 10.2. The molecule has 88 valence electrons. The number of benzene rings is 1. The summed E-state index contributed by atoms with van der Waals surface area (Å²) in [6.07, 6.45) is 1.76. The number of pyridine rings is 1. The predicted octanol–water partition coefficient (Wildman–Crippen LogP) is 3.62. The van der Waals surface area contributed by atoms with Gasteiger partial charge in [0.2, 0.25) is 0 Å². The fourth-order valence-electron chi connectivity index (χ4n) is 1.54. The molecular formula is C13H12BrFN2. The summed E-state index contributed by atoms with van der Waals surface area (Å²) in [6.45, 7) is 0.703. The number of hydrogen-bond acceptors (Lipinski definition) is 2. The average Bonchev–Trinajstić information content (AvgIpc) is 2.33. The van der Waals surface area contributed by atoms with E-state index in [0.29, 0.717) is 6.54 Å². The summed E-state index contributed by atoms with van der Waals surface area (Å²) >= 11 is 3.35. The summed E-state index contributed by atoms with van der Waals surface area (Å²) in [5, 5.41) is 0. The van der Waals surface area contributed by atoms with Crippen LogP contribution in [0.1, 0.15) is 5.56 Å². The Labute approximate surface area is 108 Å². The van der Waals surface area contributed by atoms with Crippen molar-refractivity contribution in [1.29, 1.82) is 0 Å². The number of aromatic nitrogens is 1. The zero-order valence-corrected chi connectivity index (χ0v) is 11.0. The van der Waals surface area contributed by atoms with Crippen LogP contribution in [-0.2, 0) is 6.54 Å². The van der Waals surface area contributed by atoms with Crippen molar-refractivity contribution in [3.63, 3.8) is 0 Å². The van der Waals surface area contributed by atoms with Crippen molar-refractivity contribution in [2.24, 2.45) is 0 Å². The molecule has 17 heavy (non-hydrogen) atoms. The summed E-state index contributed by atoms with van der Waals surface area (Å²) in [5.41, 5.74) is 1.05. The van der Waals surface area contributed by atoms with Crippen LogP contribution in [0, 0.1) is 5.82 Å².